The molecule has 0 atom stereocenters. The summed E-state index contributed by atoms with van der Waals surface area (Å²) in [5.41, 5.74) is 6.69. The van der Waals surface area contributed by atoms with Gasteiger partial charge in [0.25, 0.3) is 0 Å². The zero-order valence-corrected chi connectivity index (χ0v) is 15.3. The number of carboxylic acid groups (broad SMARTS) is 1. The highest BCUT2D eigenvalue weighted by atomic mass is 16.5. The van der Waals surface area contributed by atoms with Gasteiger partial charge in [-0.3, -0.25) is 0 Å². The number of ether oxygens (including phenoxy) is 1. The molecule has 0 unspecified atom stereocenters. The third-order valence-corrected chi connectivity index (χ3v) is 4.27. The molecule has 3 nitrogen and oxygen atoms in total. The number of carbonyl (C=O) groups is 1. The molecule has 0 heterocycles. The SMILES string of the molecule is Cc1cccc(C)c1-c1cccc(COc2ccc(C#CC(=O)O)cc2)c1. The molecule has 0 bridgehead atoms. The third-order valence-electron chi connectivity index (χ3n) is 4.27. The van der Waals surface area contributed by atoms with Crippen LogP contribution < -0.4 is 4.74 Å². The molecular formula is C24H20O3. The molecule has 3 rings (SSSR count). The quantitative estimate of drug-likeness (QED) is 0.670. The van der Waals surface area contributed by atoms with Crippen LogP contribution in [0.25, 0.3) is 11.1 Å². The van der Waals surface area contributed by atoms with Gasteiger partial charge < -0.3 is 9.84 Å². The van der Waals surface area contributed by atoms with E-state index >= 15 is 0 Å². The Balaban J connectivity index is 1.72. The van der Waals surface area contributed by atoms with Crippen molar-refractivity contribution in [2.45, 2.75) is 20.5 Å². The average Bonchev–Trinajstić information content (AvgIpc) is 2.66. The summed E-state index contributed by atoms with van der Waals surface area (Å²) in [7, 11) is 0. The fourth-order valence-corrected chi connectivity index (χ4v) is 3.01. The Labute approximate surface area is 159 Å². The molecule has 0 fully saturated rings. The number of carboxylic acids is 1. The number of aliphatic carboxylic acids is 1. The van der Waals surface area contributed by atoms with Crippen LogP contribution >= 0.6 is 0 Å². The molecule has 0 aliphatic carbocycles. The Morgan fingerprint density at radius 1 is 0.963 bits per heavy atom. The summed E-state index contributed by atoms with van der Waals surface area (Å²) in [5.74, 6) is 4.25. The smallest absolute Gasteiger partial charge is 0.382 e. The van der Waals surface area contributed by atoms with Gasteiger partial charge in [-0.2, -0.15) is 0 Å². The van der Waals surface area contributed by atoms with E-state index in [0.29, 0.717) is 17.9 Å². The summed E-state index contributed by atoms with van der Waals surface area (Å²) in [4.78, 5) is 10.5. The van der Waals surface area contributed by atoms with Crippen LogP contribution in [0.5, 0.6) is 5.75 Å². The molecule has 134 valence electrons. The molecule has 0 amide bonds. The van der Waals surface area contributed by atoms with Gasteiger partial charge in [0.2, 0.25) is 0 Å². The van der Waals surface area contributed by atoms with E-state index in [1.54, 1.807) is 24.3 Å². The molecular weight excluding hydrogens is 336 g/mol. The Bertz CT molecular complexity index is 1000. The Morgan fingerprint density at radius 3 is 2.30 bits per heavy atom. The summed E-state index contributed by atoms with van der Waals surface area (Å²) < 4.78 is 5.86. The number of hydrogen-bond acceptors (Lipinski definition) is 2. The molecule has 0 aliphatic heterocycles. The third kappa shape index (κ3) is 4.77. The van der Waals surface area contributed by atoms with Gasteiger partial charge in [0.1, 0.15) is 12.4 Å². The molecule has 0 aliphatic rings. The fourth-order valence-electron chi connectivity index (χ4n) is 3.01. The average molecular weight is 356 g/mol. The van der Waals surface area contributed by atoms with E-state index in [1.165, 1.54) is 22.3 Å². The predicted molar refractivity (Wildman–Crippen MR) is 107 cm³/mol. The van der Waals surface area contributed by atoms with Crippen LogP contribution in [0.2, 0.25) is 0 Å². The first-order chi connectivity index (χ1) is 13.0. The van der Waals surface area contributed by atoms with Crippen LogP contribution in [0.3, 0.4) is 0 Å². The van der Waals surface area contributed by atoms with E-state index in [9.17, 15) is 4.79 Å². The zero-order chi connectivity index (χ0) is 19.2. The van der Waals surface area contributed by atoms with Gasteiger partial charge in [0, 0.05) is 11.5 Å². The zero-order valence-electron chi connectivity index (χ0n) is 15.3. The summed E-state index contributed by atoms with van der Waals surface area (Å²) in [5, 5.41) is 8.58. The van der Waals surface area contributed by atoms with Gasteiger partial charge in [0.15, 0.2) is 0 Å². The van der Waals surface area contributed by atoms with Crippen molar-refractivity contribution in [3.05, 3.63) is 89.0 Å². The van der Waals surface area contributed by atoms with E-state index in [2.05, 4.69) is 56.0 Å². The van der Waals surface area contributed by atoms with Crippen LogP contribution in [0.4, 0.5) is 0 Å². The first kappa shape index (κ1) is 18.3. The van der Waals surface area contributed by atoms with Crippen LogP contribution in [-0.4, -0.2) is 11.1 Å². The van der Waals surface area contributed by atoms with Crippen molar-refractivity contribution < 1.29 is 14.6 Å². The Morgan fingerprint density at radius 2 is 1.63 bits per heavy atom. The molecule has 3 aromatic carbocycles. The van der Waals surface area contributed by atoms with E-state index in [0.717, 1.165) is 5.56 Å². The maximum atomic E-state index is 10.5. The van der Waals surface area contributed by atoms with Crippen molar-refractivity contribution in [1.82, 2.24) is 0 Å². The van der Waals surface area contributed by atoms with Crippen molar-refractivity contribution in [3.8, 4) is 28.7 Å². The molecule has 1 N–H and O–H groups in total. The number of rotatable bonds is 4. The van der Waals surface area contributed by atoms with Crippen molar-refractivity contribution in [2.24, 2.45) is 0 Å². The highest BCUT2D eigenvalue weighted by Crippen LogP contribution is 2.28. The first-order valence-corrected chi connectivity index (χ1v) is 8.66. The number of aryl methyl sites for hydroxylation is 2. The first-order valence-electron chi connectivity index (χ1n) is 8.66. The number of benzene rings is 3. The lowest BCUT2D eigenvalue weighted by molar-refractivity contribution is -0.130. The molecule has 0 spiro atoms. The van der Waals surface area contributed by atoms with Crippen LogP contribution in [0, 0.1) is 25.7 Å². The lowest BCUT2D eigenvalue weighted by Gasteiger charge is -2.12. The van der Waals surface area contributed by atoms with E-state index in [4.69, 9.17) is 9.84 Å². The highest BCUT2D eigenvalue weighted by Gasteiger charge is 2.06. The standard InChI is InChI=1S/C24H20O3/c1-17-5-3-6-18(2)24(17)21-8-4-7-20(15-21)16-27-22-12-9-19(10-13-22)11-14-23(25)26/h3-10,12-13,15H,16H2,1-2H3,(H,25,26). The molecule has 0 saturated carbocycles. The van der Waals surface area contributed by atoms with Gasteiger partial charge in [-0.15, -0.1) is 0 Å². The summed E-state index contributed by atoms with van der Waals surface area (Å²) in [6.07, 6.45) is 0. The van der Waals surface area contributed by atoms with Crippen molar-refractivity contribution in [2.75, 3.05) is 0 Å². The number of hydrogen-bond donors (Lipinski definition) is 1. The van der Waals surface area contributed by atoms with Crippen LogP contribution in [0.1, 0.15) is 22.3 Å². The highest BCUT2D eigenvalue weighted by molar-refractivity contribution is 5.87. The molecule has 3 heteroatoms. The van der Waals surface area contributed by atoms with Gasteiger partial charge >= 0.3 is 5.97 Å². The van der Waals surface area contributed by atoms with Gasteiger partial charge in [-0.1, -0.05) is 42.3 Å². The maximum Gasteiger partial charge on any atom is 0.382 e. The predicted octanol–water partition coefficient (Wildman–Crippen LogP) is 4.99. The summed E-state index contributed by atoms with van der Waals surface area (Å²) in [6.45, 7) is 4.71. The lowest BCUT2D eigenvalue weighted by Crippen LogP contribution is -1.96. The second-order valence-electron chi connectivity index (χ2n) is 6.34. The lowest BCUT2D eigenvalue weighted by atomic mass is 9.95. The van der Waals surface area contributed by atoms with Gasteiger partial charge in [0.05, 0.1) is 0 Å². The summed E-state index contributed by atoms with van der Waals surface area (Å²) >= 11 is 0. The molecule has 0 saturated heterocycles. The molecule has 27 heavy (non-hydrogen) atoms. The van der Waals surface area contributed by atoms with Crippen LogP contribution in [0.15, 0.2) is 66.7 Å². The topological polar surface area (TPSA) is 46.5 Å². The Kier molecular flexibility index (Phi) is 5.58. The Hall–Kier alpha value is -3.51. The molecule has 3 aromatic rings. The normalized spacial score (nSPS) is 10.0. The monoisotopic (exact) mass is 356 g/mol. The summed E-state index contributed by atoms with van der Waals surface area (Å²) in [6, 6.07) is 21.8. The largest absolute Gasteiger partial charge is 0.489 e. The second-order valence-corrected chi connectivity index (χ2v) is 6.34. The van der Waals surface area contributed by atoms with Crippen molar-refractivity contribution >= 4 is 5.97 Å². The van der Waals surface area contributed by atoms with E-state index in [1.807, 2.05) is 12.1 Å². The van der Waals surface area contributed by atoms with Gasteiger partial charge in [-0.25, -0.2) is 4.79 Å². The minimum Gasteiger partial charge on any atom is -0.489 e. The van der Waals surface area contributed by atoms with Gasteiger partial charge in [-0.05, 0) is 72.0 Å². The fraction of sp³-hybridized carbons (Fsp3) is 0.125. The minimum absolute atomic E-state index is 0.457. The molecule has 0 radical (unpaired) electrons. The second kappa shape index (κ2) is 8.25. The van der Waals surface area contributed by atoms with Crippen molar-refractivity contribution in [3.63, 3.8) is 0 Å². The molecule has 0 aromatic heterocycles. The van der Waals surface area contributed by atoms with Crippen molar-refractivity contribution in [1.29, 1.82) is 0 Å². The maximum absolute atomic E-state index is 10.5. The van der Waals surface area contributed by atoms with Crippen LogP contribution in [-0.2, 0) is 11.4 Å². The minimum atomic E-state index is -1.14. The van der Waals surface area contributed by atoms with E-state index < -0.39 is 5.97 Å². The van der Waals surface area contributed by atoms with E-state index in [-0.39, 0.29) is 0 Å².